The first kappa shape index (κ1) is 12.1. The van der Waals surface area contributed by atoms with Crippen LogP contribution in [0, 0.1) is 5.92 Å². The van der Waals surface area contributed by atoms with Gasteiger partial charge in [-0.2, -0.15) is 0 Å². The Labute approximate surface area is 110 Å². The van der Waals surface area contributed by atoms with E-state index in [0.717, 1.165) is 42.7 Å². The van der Waals surface area contributed by atoms with E-state index in [1.807, 2.05) is 0 Å². The van der Waals surface area contributed by atoms with E-state index in [4.69, 9.17) is 0 Å². The molecule has 0 aromatic carbocycles. The van der Waals surface area contributed by atoms with E-state index in [1.165, 1.54) is 11.3 Å². The molecule has 1 aromatic rings. The van der Waals surface area contributed by atoms with Crippen LogP contribution in [-0.4, -0.2) is 28.6 Å². The number of thiazole rings is 1. The number of nitrogens with zero attached hydrogens (tertiary/aromatic N) is 1. The van der Waals surface area contributed by atoms with E-state index in [0.29, 0.717) is 12.5 Å². The Morgan fingerprint density at radius 1 is 1.44 bits per heavy atom. The molecule has 0 radical (unpaired) electrons. The second-order valence-electron chi connectivity index (χ2n) is 5.31. The summed E-state index contributed by atoms with van der Waals surface area (Å²) in [6.45, 7) is 0.585. The quantitative estimate of drug-likeness (QED) is 0.875. The third kappa shape index (κ3) is 2.42. The molecule has 0 bridgehead atoms. The fraction of sp³-hybridized carbons (Fsp3) is 0.692. The maximum absolute atomic E-state index is 12.1. The minimum Gasteiger partial charge on any atom is -0.393 e. The van der Waals surface area contributed by atoms with Crippen molar-refractivity contribution >= 4 is 17.2 Å². The highest BCUT2D eigenvalue weighted by atomic mass is 32.1. The molecule has 1 heterocycles. The van der Waals surface area contributed by atoms with Crippen molar-refractivity contribution in [1.82, 2.24) is 10.3 Å². The lowest BCUT2D eigenvalue weighted by Gasteiger charge is -2.14. The number of amides is 1. The normalized spacial score (nSPS) is 27.4. The van der Waals surface area contributed by atoms with Gasteiger partial charge in [0.25, 0.3) is 5.91 Å². The Hall–Kier alpha value is -0.940. The first-order valence-corrected chi connectivity index (χ1v) is 7.53. The molecule has 2 unspecified atom stereocenters. The van der Waals surface area contributed by atoms with Crippen molar-refractivity contribution in [1.29, 1.82) is 0 Å². The molecular formula is C13H18N2O2S. The number of aliphatic hydroxyl groups excluding tert-OH is 1. The third-order valence-corrected chi connectivity index (χ3v) is 4.75. The van der Waals surface area contributed by atoms with Gasteiger partial charge in [0.05, 0.1) is 17.3 Å². The number of carbonyl (C=O) groups is 1. The standard InChI is InChI=1S/C13H18N2O2S/c16-10-3-1-2-9(10)6-14-13(17)12-11(8-4-5-8)15-7-18-12/h7-10,16H,1-6H2,(H,14,17). The van der Waals surface area contributed by atoms with Gasteiger partial charge >= 0.3 is 0 Å². The van der Waals surface area contributed by atoms with Crippen molar-refractivity contribution < 1.29 is 9.90 Å². The number of nitrogens with one attached hydrogen (secondary N) is 1. The van der Waals surface area contributed by atoms with E-state index < -0.39 is 0 Å². The molecule has 18 heavy (non-hydrogen) atoms. The number of hydrogen-bond donors (Lipinski definition) is 2. The summed E-state index contributed by atoms with van der Waals surface area (Å²) in [5.41, 5.74) is 2.73. The zero-order valence-corrected chi connectivity index (χ0v) is 11.1. The molecule has 0 saturated heterocycles. The van der Waals surface area contributed by atoms with Crippen LogP contribution in [0.15, 0.2) is 5.51 Å². The molecule has 0 spiro atoms. The lowest BCUT2D eigenvalue weighted by atomic mass is 10.1. The molecule has 1 aromatic heterocycles. The van der Waals surface area contributed by atoms with Gasteiger partial charge in [-0.25, -0.2) is 4.98 Å². The van der Waals surface area contributed by atoms with E-state index in [2.05, 4.69) is 10.3 Å². The molecule has 98 valence electrons. The summed E-state index contributed by atoms with van der Waals surface area (Å²) in [5, 5.41) is 12.7. The zero-order chi connectivity index (χ0) is 12.5. The minimum absolute atomic E-state index is 0.0153. The van der Waals surface area contributed by atoms with E-state index in [9.17, 15) is 9.90 Å². The molecule has 2 saturated carbocycles. The smallest absolute Gasteiger partial charge is 0.263 e. The minimum atomic E-state index is -0.241. The summed E-state index contributed by atoms with van der Waals surface area (Å²) in [5.74, 6) is 0.721. The average molecular weight is 266 g/mol. The second-order valence-corrected chi connectivity index (χ2v) is 6.16. The maximum atomic E-state index is 12.1. The topological polar surface area (TPSA) is 62.2 Å². The van der Waals surface area contributed by atoms with Crippen LogP contribution in [0.25, 0.3) is 0 Å². The molecule has 5 heteroatoms. The number of rotatable bonds is 4. The number of aliphatic hydroxyl groups is 1. The SMILES string of the molecule is O=C(NCC1CCCC1O)c1scnc1C1CC1. The van der Waals surface area contributed by atoms with E-state index >= 15 is 0 Å². The fourth-order valence-electron chi connectivity index (χ4n) is 2.63. The summed E-state index contributed by atoms with van der Waals surface area (Å²) < 4.78 is 0. The van der Waals surface area contributed by atoms with Gasteiger partial charge in [0.2, 0.25) is 0 Å². The number of hydrogen-bond acceptors (Lipinski definition) is 4. The van der Waals surface area contributed by atoms with Crippen molar-refractivity contribution in [3.8, 4) is 0 Å². The predicted octanol–water partition coefficient (Wildman–Crippen LogP) is 1.91. The molecule has 1 amide bonds. The molecule has 2 N–H and O–H groups in total. The second kappa shape index (κ2) is 4.97. The first-order chi connectivity index (χ1) is 8.75. The molecule has 3 rings (SSSR count). The molecule has 0 aliphatic heterocycles. The van der Waals surface area contributed by atoms with Gasteiger partial charge in [-0.1, -0.05) is 6.42 Å². The summed E-state index contributed by atoms with van der Waals surface area (Å²) in [7, 11) is 0. The Kier molecular flexibility index (Phi) is 3.35. The van der Waals surface area contributed by atoms with Crippen LogP contribution in [-0.2, 0) is 0 Å². The predicted molar refractivity (Wildman–Crippen MR) is 69.8 cm³/mol. The molecular weight excluding hydrogens is 248 g/mol. The van der Waals surface area contributed by atoms with Crippen LogP contribution in [0.2, 0.25) is 0 Å². The Balaban J connectivity index is 1.59. The molecule has 2 atom stereocenters. The van der Waals surface area contributed by atoms with Gasteiger partial charge in [-0.05, 0) is 25.7 Å². The van der Waals surface area contributed by atoms with E-state index in [1.54, 1.807) is 5.51 Å². The number of aromatic nitrogens is 1. The van der Waals surface area contributed by atoms with Crippen LogP contribution in [0.5, 0.6) is 0 Å². The average Bonchev–Trinajstić information content (AvgIpc) is 2.95. The lowest BCUT2D eigenvalue weighted by Crippen LogP contribution is -2.32. The van der Waals surface area contributed by atoms with E-state index in [-0.39, 0.29) is 17.9 Å². The Morgan fingerprint density at radius 3 is 2.94 bits per heavy atom. The fourth-order valence-corrected chi connectivity index (χ4v) is 3.42. The zero-order valence-electron chi connectivity index (χ0n) is 10.3. The summed E-state index contributed by atoms with van der Waals surface area (Å²) in [4.78, 5) is 17.2. The molecule has 4 nitrogen and oxygen atoms in total. The van der Waals surface area contributed by atoms with Gasteiger partial charge in [0.1, 0.15) is 4.88 Å². The maximum Gasteiger partial charge on any atom is 0.263 e. The van der Waals surface area contributed by atoms with Gasteiger partial charge in [0, 0.05) is 18.4 Å². The molecule has 2 aliphatic carbocycles. The largest absolute Gasteiger partial charge is 0.393 e. The van der Waals surface area contributed by atoms with Crippen molar-refractivity contribution in [3.63, 3.8) is 0 Å². The molecule has 2 fully saturated rings. The summed E-state index contributed by atoms with van der Waals surface area (Å²) in [6, 6.07) is 0. The van der Waals surface area contributed by atoms with Gasteiger partial charge < -0.3 is 10.4 Å². The van der Waals surface area contributed by atoms with Crippen LogP contribution < -0.4 is 5.32 Å². The lowest BCUT2D eigenvalue weighted by molar-refractivity contribution is 0.0919. The van der Waals surface area contributed by atoms with Crippen molar-refractivity contribution in [2.24, 2.45) is 5.92 Å². The highest BCUT2D eigenvalue weighted by Gasteiger charge is 2.31. The van der Waals surface area contributed by atoms with Crippen molar-refractivity contribution in [2.45, 2.75) is 44.1 Å². The van der Waals surface area contributed by atoms with Crippen LogP contribution in [0.4, 0.5) is 0 Å². The third-order valence-electron chi connectivity index (χ3n) is 3.91. The Bertz CT molecular complexity index is 442. The molecule has 2 aliphatic rings. The summed E-state index contributed by atoms with van der Waals surface area (Å²) in [6.07, 6.45) is 5.02. The summed E-state index contributed by atoms with van der Waals surface area (Å²) >= 11 is 1.42. The van der Waals surface area contributed by atoms with Crippen molar-refractivity contribution in [2.75, 3.05) is 6.54 Å². The first-order valence-electron chi connectivity index (χ1n) is 6.65. The van der Waals surface area contributed by atoms with Gasteiger partial charge in [-0.3, -0.25) is 4.79 Å². The Morgan fingerprint density at radius 2 is 2.28 bits per heavy atom. The highest BCUT2D eigenvalue weighted by molar-refractivity contribution is 7.11. The highest BCUT2D eigenvalue weighted by Crippen LogP contribution is 2.41. The van der Waals surface area contributed by atoms with Crippen LogP contribution in [0.3, 0.4) is 0 Å². The number of carbonyl (C=O) groups excluding carboxylic acids is 1. The van der Waals surface area contributed by atoms with Crippen LogP contribution in [0.1, 0.15) is 53.4 Å². The van der Waals surface area contributed by atoms with Gasteiger partial charge in [-0.15, -0.1) is 11.3 Å². The van der Waals surface area contributed by atoms with Crippen LogP contribution >= 0.6 is 11.3 Å². The monoisotopic (exact) mass is 266 g/mol. The van der Waals surface area contributed by atoms with Crippen molar-refractivity contribution in [3.05, 3.63) is 16.1 Å². The van der Waals surface area contributed by atoms with Gasteiger partial charge in [0.15, 0.2) is 0 Å².